The fourth-order valence-electron chi connectivity index (χ4n) is 4.38. The van der Waals surface area contributed by atoms with Gasteiger partial charge < -0.3 is 24.8 Å². The maximum absolute atomic E-state index is 13.2. The minimum atomic E-state index is -0.974. The van der Waals surface area contributed by atoms with E-state index in [1.807, 2.05) is 44.2 Å². The highest BCUT2D eigenvalue weighted by atomic mass is 32.1. The molecule has 2 rings (SSSR count). The molecule has 0 saturated heterocycles. The molecule has 4 unspecified atom stereocenters. The largest absolute Gasteiger partial charge is 0.461 e. The highest BCUT2D eigenvalue weighted by Crippen LogP contribution is 2.28. The first-order chi connectivity index (χ1) is 19.2. The van der Waals surface area contributed by atoms with Crippen molar-refractivity contribution in [2.45, 2.75) is 84.6 Å². The lowest BCUT2D eigenvalue weighted by atomic mass is 9.96. The number of aliphatic hydroxyl groups is 1. The summed E-state index contributed by atoms with van der Waals surface area (Å²) >= 11 is 1.19. The molecule has 2 aromatic rings. The number of carbonyl (C=O) groups excluding carboxylic acids is 3. The first-order valence-corrected chi connectivity index (χ1v) is 14.8. The zero-order valence-electron chi connectivity index (χ0n) is 25.3. The van der Waals surface area contributed by atoms with E-state index in [1.165, 1.54) is 22.3 Å². The van der Waals surface area contributed by atoms with E-state index in [0.29, 0.717) is 17.8 Å². The van der Waals surface area contributed by atoms with Crippen LogP contribution in [0.1, 0.15) is 81.5 Å². The molecule has 0 fully saturated rings. The molecule has 9 nitrogen and oxygen atoms in total. The third-order valence-electron chi connectivity index (χ3n) is 6.50. The Bertz CT molecular complexity index is 1140. The van der Waals surface area contributed by atoms with Gasteiger partial charge in [0.25, 0.3) is 5.91 Å². The summed E-state index contributed by atoms with van der Waals surface area (Å²) in [7, 11) is 1.66. The number of ether oxygens (including phenoxy) is 2. The SMILES string of the molecule is C=CCOC(=O)C(C)CC(Cc1ccccc1)NC(=O)c1csc(C(O)CC(C(C)C)N(C)C(=O)OC(C)(C)C)n1. The number of hydrogen-bond acceptors (Lipinski definition) is 8. The van der Waals surface area contributed by atoms with Crippen molar-refractivity contribution < 1.29 is 29.0 Å². The summed E-state index contributed by atoms with van der Waals surface area (Å²) < 4.78 is 10.7. The average molecular weight is 588 g/mol. The maximum atomic E-state index is 13.2. The van der Waals surface area contributed by atoms with Crippen molar-refractivity contribution >= 4 is 29.3 Å². The van der Waals surface area contributed by atoms with Gasteiger partial charge in [0.05, 0.1) is 5.92 Å². The zero-order valence-corrected chi connectivity index (χ0v) is 26.1. The molecular formula is C31H45N3O6S. The lowest BCUT2D eigenvalue weighted by molar-refractivity contribution is -0.147. The number of nitrogens with one attached hydrogen (secondary N) is 1. The fraction of sp³-hybridized carbons (Fsp3) is 0.548. The molecule has 1 aromatic carbocycles. The Morgan fingerprint density at radius 2 is 1.80 bits per heavy atom. The van der Waals surface area contributed by atoms with Gasteiger partial charge in [0.2, 0.25) is 0 Å². The molecule has 0 aliphatic rings. The Kier molecular flexibility index (Phi) is 13.0. The van der Waals surface area contributed by atoms with Gasteiger partial charge in [-0.05, 0) is 45.1 Å². The average Bonchev–Trinajstić information content (AvgIpc) is 3.40. The van der Waals surface area contributed by atoms with Crippen LogP contribution in [0, 0.1) is 11.8 Å². The normalized spacial score (nSPS) is 14.5. The van der Waals surface area contributed by atoms with E-state index in [4.69, 9.17) is 9.47 Å². The fourth-order valence-corrected chi connectivity index (χ4v) is 5.18. The molecule has 10 heteroatoms. The lowest BCUT2D eigenvalue weighted by Gasteiger charge is -2.34. The number of amides is 2. The Morgan fingerprint density at radius 1 is 1.15 bits per heavy atom. The monoisotopic (exact) mass is 587 g/mol. The number of aromatic nitrogens is 1. The number of rotatable bonds is 14. The number of nitrogens with zero attached hydrogens (tertiary/aromatic N) is 2. The standard InChI is InChI=1S/C31H45N3O6S/c1-9-15-39-29(37)21(4)16-23(17-22-13-11-10-12-14-22)32-27(36)24-19-41-28(33-24)26(35)18-25(20(2)3)34(8)30(38)40-31(5,6)7/h9-14,19-21,23,25-26,35H,1,15-18H2,2-8H3,(H,32,36). The summed E-state index contributed by atoms with van der Waals surface area (Å²) in [6.45, 7) is 14.8. The van der Waals surface area contributed by atoms with E-state index < -0.39 is 29.6 Å². The predicted molar refractivity (Wildman–Crippen MR) is 161 cm³/mol. The molecule has 1 aromatic heterocycles. The van der Waals surface area contributed by atoms with E-state index in [2.05, 4.69) is 16.9 Å². The van der Waals surface area contributed by atoms with E-state index >= 15 is 0 Å². The molecule has 0 saturated carbocycles. The highest BCUT2D eigenvalue weighted by Gasteiger charge is 2.31. The number of esters is 1. The molecule has 4 atom stereocenters. The molecule has 0 spiro atoms. The van der Waals surface area contributed by atoms with Crippen LogP contribution in [0.3, 0.4) is 0 Å². The molecule has 0 radical (unpaired) electrons. The predicted octanol–water partition coefficient (Wildman–Crippen LogP) is 5.55. The topological polar surface area (TPSA) is 118 Å². The van der Waals surface area contributed by atoms with Gasteiger partial charge in [-0.25, -0.2) is 9.78 Å². The van der Waals surface area contributed by atoms with Crippen molar-refractivity contribution in [3.05, 3.63) is 64.6 Å². The number of aliphatic hydroxyl groups excluding tert-OH is 1. The van der Waals surface area contributed by atoms with Crippen molar-refractivity contribution in [3.8, 4) is 0 Å². The molecule has 226 valence electrons. The summed E-state index contributed by atoms with van der Waals surface area (Å²) in [4.78, 5) is 44.2. The second-order valence-corrected chi connectivity index (χ2v) is 12.5. The third-order valence-corrected chi connectivity index (χ3v) is 7.44. The molecule has 0 aliphatic heterocycles. The summed E-state index contributed by atoms with van der Waals surface area (Å²) in [5.41, 5.74) is 0.573. The van der Waals surface area contributed by atoms with E-state index in [-0.39, 0.29) is 42.7 Å². The van der Waals surface area contributed by atoms with E-state index in [9.17, 15) is 19.5 Å². The molecule has 0 bridgehead atoms. The van der Waals surface area contributed by atoms with E-state index in [1.54, 1.807) is 40.1 Å². The van der Waals surface area contributed by atoms with Gasteiger partial charge in [0.1, 0.15) is 29.0 Å². The van der Waals surface area contributed by atoms with Crippen LogP contribution in [-0.4, -0.2) is 64.3 Å². The van der Waals surface area contributed by atoms with Gasteiger partial charge in [-0.1, -0.05) is 63.8 Å². The Morgan fingerprint density at radius 3 is 2.39 bits per heavy atom. The number of hydrogen-bond donors (Lipinski definition) is 2. The second-order valence-electron chi connectivity index (χ2n) is 11.6. The molecular weight excluding hydrogens is 542 g/mol. The van der Waals surface area contributed by atoms with Crippen molar-refractivity contribution in [2.24, 2.45) is 11.8 Å². The number of carbonyl (C=O) groups is 3. The summed E-state index contributed by atoms with van der Waals surface area (Å²) in [5.74, 6) is -1.14. The van der Waals surface area contributed by atoms with Gasteiger partial charge in [0, 0.05) is 30.9 Å². The van der Waals surface area contributed by atoms with Crippen LogP contribution < -0.4 is 5.32 Å². The first-order valence-electron chi connectivity index (χ1n) is 13.9. The molecule has 0 aliphatic carbocycles. The Hall–Kier alpha value is -3.24. The Labute approximate surface area is 248 Å². The van der Waals surface area contributed by atoms with Gasteiger partial charge in [0.15, 0.2) is 0 Å². The molecule has 2 amide bonds. The maximum Gasteiger partial charge on any atom is 0.410 e. The lowest BCUT2D eigenvalue weighted by Crippen LogP contribution is -2.44. The summed E-state index contributed by atoms with van der Waals surface area (Å²) in [5, 5.41) is 16.0. The Balaban J connectivity index is 2.12. The van der Waals surface area contributed by atoms with Crippen molar-refractivity contribution in [1.29, 1.82) is 0 Å². The minimum absolute atomic E-state index is 0.0452. The van der Waals surface area contributed by atoms with Crippen molar-refractivity contribution in [2.75, 3.05) is 13.7 Å². The van der Waals surface area contributed by atoms with E-state index in [0.717, 1.165) is 5.56 Å². The summed E-state index contributed by atoms with van der Waals surface area (Å²) in [6.07, 6.45) is 1.22. The number of benzene rings is 1. The van der Waals surface area contributed by atoms with Crippen LogP contribution in [-0.2, 0) is 20.7 Å². The zero-order chi connectivity index (χ0) is 30.7. The third kappa shape index (κ3) is 11.3. The van der Waals surface area contributed by atoms with Crippen molar-refractivity contribution in [1.82, 2.24) is 15.2 Å². The van der Waals surface area contributed by atoms with Gasteiger partial charge >= 0.3 is 12.1 Å². The molecule has 41 heavy (non-hydrogen) atoms. The van der Waals surface area contributed by atoms with Crippen LogP contribution in [0.4, 0.5) is 4.79 Å². The summed E-state index contributed by atoms with van der Waals surface area (Å²) in [6, 6.07) is 9.05. The second kappa shape index (κ2) is 15.7. The number of thiazole rings is 1. The van der Waals surface area contributed by atoms with Gasteiger partial charge in [-0.2, -0.15) is 0 Å². The van der Waals surface area contributed by atoms with Gasteiger partial charge in [-0.3, -0.25) is 9.59 Å². The van der Waals surface area contributed by atoms with Crippen LogP contribution in [0.15, 0.2) is 48.4 Å². The minimum Gasteiger partial charge on any atom is -0.461 e. The highest BCUT2D eigenvalue weighted by molar-refractivity contribution is 7.09. The van der Waals surface area contributed by atoms with Crippen LogP contribution in [0.2, 0.25) is 0 Å². The quantitative estimate of drug-likeness (QED) is 0.220. The van der Waals surface area contributed by atoms with Crippen LogP contribution in [0.5, 0.6) is 0 Å². The van der Waals surface area contributed by atoms with Crippen molar-refractivity contribution in [3.63, 3.8) is 0 Å². The molecule has 1 heterocycles. The van der Waals surface area contributed by atoms with Crippen LogP contribution in [0.25, 0.3) is 0 Å². The van der Waals surface area contributed by atoms with Gasteiger partial charge in [-0.15, -0.1) is 11.3 Å². The smallest absolute Gasteiger partial charge is 0.410 e. The van der Waals surface area contributed by atoms with Crippen LogP contribution >= 0.6 is 11.3 Å². The first kappa shape index (κ1) is 34.0. The molecule has 2 N–H and O–H groups in total.